The number of anilines is 2. The molecule has 0 aliphatic carbocycles. The minimum Gasteiger partial charge on any atom is -0.493 e. The molecule has 0 unspecified atom stereocenters. The molecule has 150 valence electrons. The van der Waals surface area contributed by atoms with Gasteiger partial charge in [-0.25, -0.2) is 9.97 Å². The van der Waals surface area contributed by atoms with Gasteiger partial charge in [0, 0.05) is 26.2 Å². The topological polar surface area (TPSA) is 79.8 Å². The van der Waals surface area contributed by atoms with E-state index in [9.17, 15) is 4.79 Å². The molecule has 0 spiro atoms. The molecule has 1 N–H and O–H groups in total. The third kappa shape index (κ3) is 4.69. The van der Waals surface area contributed by atoms with Gasteiger partial charge in [0.2, 0.25) is 5.95 Å². The summed E-state index contributed by atoms with van der Waals surface area (Å²) in [6.45, 7) is 7.40. The summed E-state index contributed by atoms with van der Waals surface area (Å²) in [6, 6.07) is 7.22. The van der Waals surface area contributed by atoms with Crippen molar-refractivity contribution >= 4 is 17.5 Å². The van der Waals surface area contributed by atoms with E-state index in [1.54, 1.807) is 19.2 Å². The van der Waals surface area contributed by atoms with E-state index in [2.05, 4.69) is 32.1 Å². The van der Waals surface area contributed by atoms with Gasteiger partial charge in [0.15, 0.2) is 18.1 Å². The summed E-state index contributed by atoms with van der Waals surface area (Å²) in [7, 11) is 3.68. The van der Waals surface area contributed by atoms with E-state index in [0.717, 1.165) is 37.6 Å². The van der Waals surface area contributed by atoms with Crippen molar-refractivity contribution in [1.82, 2.24) is 14.9 Å². The SMILES string of the molecule is COc1ccccc1OCC(=O)Nc1c(C)nc(N2CCN(C)CC2)nc1C. The number of benzene rings is 1. The lowest BCUT2D eigenvalue weighted by Gasteiger charge is -2.32. The Bertz CT molecular complexity index is 811. The van der Waals surface area contributed by atoms with Crippen molar-refractivity contribution in [3.8, 4) is 11.5 Å². The van der Waals surface area contributed by atoms with Crippen LogP contribution in [-0.2, 0) is 4.79 Å². The Morgan fingerprint density at radius 3 is 2.29 bits per heavy atom. The number of para-hydroxylation sites is 2. The van der Waals surface area contributed by atoms with Gasteiger partial charge in [-0.3, -0.25) is 4.79 Å². The molecule has 28 heavy (non-hydrogen) atoms. The van der Waals surface area contributed by atoms with E-state index >= 15 is 0 Å². The van der Waals surface area contributed by atoms with Gasteiger partial charge in [0.1, 0.15) is 0 Å². The maximum absolute atomic E-state index is 12.4. The van der Waals surface area contributed by atoms with Crippen LogP contribution in [-0.4, -0.2) is 67.7 Å². The largest absolute Gasteiger partial charge is 0.493 e. The van der Waals surface area contributed by atoms with Crippen LogP contribution in [0.1, 0.15) is 11.4 Å². The highest BCUT2D eigenvalue weighted by Gasteiger charge is 2.19. The van der Waals surface area contributed by atoms with Crippen molar-refractivity contribution in [2.24, 2.45) is 0 Å². The van der Waals surface area contributed by atoms with Gasteiger partial charge >= 0.3 is 0 Å². The zero-order chi connectivity index (χ0) is 20.1. The van der Waals surface area contributed by atoms with Crippen LogP contribution in [0.2, 0.25) is 0 Å². The molecule has 1 fully saturated rings. The molecule has 8 heteroatoms. The average Bonchev–Trinajstić information content (AvgIpc) is 2.69. The standard InChI is InChI=1S/C20H27N5O3/c1-14-19(15(2)22-20(21-14)25-11-9-24(3)10-12-25)23-18(26)13-28-17-8-6-5-7-16(17)27-4/h5-8H,9-13H2,1-4H3,(H,23,26). The van der Waals surface area contributed by atoms with Gasteiger partial charge in [-0.1, -0.05) is 12.1 Å². The summed E-state index contributed by atoms with van der Waals surface area (Å²) in [6.07, 6.45) is 0. The molecule has 0 bridgehead atoms. The lowest BCUT2D eigenvalue weighted by molar-refractivity contribution is -0.118. The Hall–Kier alpha value is -2.87. The van der Waals surface area contributed by atoms with Crippen LogP contribution in [0.5, 0.6) is 11.5 Å². The van der Waals surface area contributed by atoms with Crippen LogP contribution in [0.4, 0.5) is 11.6 Å². The number of piperazine rings is 1. The van der Waals surface area contributed by atoms with Crippen LogP contribution in [0.15, 0.2) is 24.3 Å². The van der Waals surface area contributed by atoms with E-state index in [1.165, 1.54) is 0 Å². The Balaban J connectivity index is 1.64. The van der Waals surface area contributed by atoms with E-state index < -0.39 is 0 Å². The fourth-order valence-corrected chi connectivity index (χ4v) is 3.08. The van der Waals surface area contributed by atoms with Crippen LogP contribution in [0.25, 0.3) is 0 Å². The Morgan fingerprint density at radius 2 is 1.68 bits per heavy atom. The second kappa shape index (κ2) is 8.88. The highest BCUT2D eigenvalue weighted by Crippen LogP contribution is 2.26. The summed E-state index contributed by atoms with van der Waals surface area (Å²) in [5.41, 5.74) is 2.12. The number of aryl methyl sites for hydroxylation is 2. The lowest BCUT2D eigenvalue weighted by atomic mass is 10.2. The zero-order valence-electron chi connectivity index (χ0n) is 16.9. The number of amides is 1. The summed E-state index contributed by atoms with van der Waals surface area (Å²) >= 11 is 0. The average molecular weight is 385 g/mol. The van der Waals surface area contributed by atoms with E-state index in [1.807, 2.05) is 26.0 Å². The lowest BCUT2D eigenvalue weighted by Crippen LogP contribution is -2.45. The third-order valence-corrected chi connectivity index (χ3v) is 4.74. The number of hydrogen-bond acceptors (Lipinski definition) is 7. The fourth-order valence-electron chi connectivity index (χ4n) is 3.08. The van der Waals surface area contributed by atoms with Crippen molar-refractivity contribution in [2.75, 3.05) is 57.2 Å². The molecule has 8 nitrogen and oxygen atoms in total. The normalized spacial score (nSPS) is 14.6. The highest BCUT2D eigenvalue weighted by molar-refractivity contribution is 5.93. The predicted octanol–water partition coefficient (Wildman–Crippen LogP) is 1.87. The van der Waals surface area contributed by atoms with Crippen molar-refractivity contribution in [3.63, 3.8) is 0 Å². The number of methoxy groups -OCH3 is 1. The number of likely N-dealkylation sites (N-methyl/N-ethyl adjacent to an activating group) is 1. The Labute approximate surface area is 165 Å². The minimum absolute atomic E-state index is 0.126. The summed E-state index contributed by atoms with van der Waals surface area (Å²) in [5, 5.41) is 2.87. The summed E-state index contributed by atoms with van der Waals surface area (Å²) in [5.74, 6) is 1.55. The van der Waals surface area contributed by atoms with Crippen molar-refractivity contribution in [2.45, 2.75) is 13.8 Å². The van der Waals surface area contributed by atoms with Gasteiger partial charge in [-0.15, -0.1) is 0 Å². The molecule has 1 aromatic heterocycles. The monoisotopic (exact) mass is 385 g/mol. The van der Waals surface area contributed by atoms with Gasteiger partial charge in [-0.05, 0) is 33.0 Å². The number of nitrogens with zero attached hydrogens (tertiary/aromatic N) is 4. The number of nitrogens with one attached hydrogen (secondary N) is 1. The number of ether oxygens (including phenoxy) is 2. The molecule has 1 amide bonds. The zero-order valence-corrected chi connectivity index (χ0v) is 16.9. The first-order valence-corrected chi connectivity index (χ1v) is 9.32. The van der Waals surface area contributed by atoms with Gasteiger partial charge in [0.25, 0.3) is 5.91 Å². The first kappa shape index (κ1) is 19.9. The predicted molar refractivity (Wildman–Crippen MR) is 108 cm³/mol. The number of rotatable bonds is 6. The number of carbonyl (C=O) groups is 1. The quantitative estimate of drug-likeness (QED) is 0.813. The van der Waals surface area contributed by atoms with Crippen LogP contribution < -0.4 is 19.7 Å². The van der Waals surface area contributed by atoms with E-state index in [4.69, 9.17) is 9.47 Å². The molecule has 1 aliphatic heterocycles. The third-order valence-electron chi connectivity index (χ3n) is 4.74. The molecule has 1 saturated heterocycles. The number of carbonyl (C=O) groups excluding carboxylic acids is 1. The van der Waals surface area contributed by atoms with E-state index in [0.29, 0.717) is 23.1 Å². The molecule has 2 heterocycles. The first-order valence-electron chi connectivity index (χ1n) is 9.32. The number of aromatic nitrogens is 2. The second-order valence-corrected chi connectivity index (χ2v) is 6.85. The molecular weight excluding hydrogens is 358 g/mol. The first-order chi connectivity index (χ1) is 13.5. The fraction of sp³-hybridized carbons (Fsp3) is 0.450. The molecule has 0 saturated carbocycles. The summed E-state index contributed by atoms with van der Waals surface area (Å²) < 4.78 is 10.8. The van der Waals surface area contributed by atoms with Crippen LogP contribution in [0, 0.1) is 13.8 Å². The second-order valence-electron chi connectivity index (χ2n) is 6.85. The number of hydrogen-bond donors (Lipinski definition) is 1. The maximum Gasteiger partial charge on any atom is 0.262 e. The molecule has 1 aliphatic rings. The van der Waals surface area contributed by atoms with Gasteiger partial charge < -0.3 is 24.6 Å². The minimum atomic E-state index is -0.270. The maximum atomic E-state index is 12.4. The van der Waals surface area contributed by atoms with Crippen LogP contribution >= 0.6 is 0 Å². The van der Waals surface area contributed by atoms with Crippen molar-refractivity contribution in [3.05, 3.63) is 35.7 Å². The molecule has 1 aromatic carbocycles. The molecular formula is C20H27N5O3. The van der Waals surface area contributed by atoms with Gasteiger partial charge in [-0.2, -0.15) is 0 Å². The van der Waals surface area contributed by atoms with E-state index in [-0.39, 0.29) is 12.5 Å². The highest BCUT2D eigenvalue weighted by atomic mass is 16.5. The van der Waals surface area contributed by atoms with Crippen molar-refractivity contribution in [1.29, 1.82) is 0 Å². The van der Waals surface area contributed by atoms with Crippen molar-refractivity contribution < 1.29 is 14.3 Å². The molecule has 0 atom stereocenters. The van der Waals surface area contributed by atoms with Crippen LogP contribution in [0.3, 0.4) is 0 Å². The Kier molecular flexibility index (Phi) is 6.30. The van der Waals surface area contributed by atoms with Gasteiger partial charge in [0.05, 0.1) is 24.2 Å². The molecule has 3 rings (SSSR count). The Morgan fingerprint density at radius 1 is 1.07 bits per heavy atom. The smallest absolute Gasteiger partial charge is 0.262 e. The summed E-state index contributed by atoms with van der Waals surface area (Å²) in [4.78, 5) is 26.0. The molecule has 0 radical (unpaired) electrons. The molecule has 2 aromatic rings.